The molecule has 1 heterocycles. The first-order valence-corrected chi connectivity index (χ1v) is 11.0. The van der Waals surface area contributed by atoms with Crippen LogP contribution >= 0.6 is 0 Å². The normalized spacial score (nSPS) is 27.5. The summed E-state index contributed by atoms with van der Waals surface area (Å²) < 4.78 is 0. The van der Waals surface area contributed by atoms with Crippen LogP contribution in [-0.4, -0.2) is 17.3 Å². The first-order chi connectivity index (χ1) is 14.2. The summed E-state index contributed by atoms with van der Waals surface area (Å²) in [5.74, 6) is -0.134. The number of fused-ring (bicyclic) bond motifs is 2. The molecule has 3 heteroatoms. The van der Waals surface area contributed by atoms with E-state index in [0.717, 1.165) is 46.2 Å². The zero-order valence-electron chi connectivity index (χ0n) is 18.3. The fraction of sp³-hybridized carbons (Fsp3) is 0.444. The molecule has 3 nitrogen and oxygen atoms in total. The molecule has 0 saturated heterocycles. The SMILES string of the molecule is CC1(C)CC(=O)C2C(=NC3=C(C(=O)CC(C)(C)C3)C2c2cccc3ccccc23)C1. The molecule has 2 unspecified atom stereocenters. The van der Waals surface area contributed by atoms with Gasteiger partial charge in [0.2, 0.25) is 0 Å². The lowest BCUT2D eigenvalue weighted by molar-refractivity contribution is -0.124. The van der Waals surface area contributed by atoms with E-state index >= 15 is 0 Å². The Morgan fingerprint density at radius 2 is 1.50 bits per heavy atom. The molecule has 1 saturated carbocycles. The standard InChI is InChI=1S/C27H29NO2/c1-26(2)12-19-24(21(29)14-26)23(18-11-7-9-16-8-5-6-10-17(16)18)25-20(28-19)13-27(3,4)15-22(25)30/h5-11,23-24H,12-15H2,1-4H3. The summed E-state index contributed by atoms with van der Waals surface area (Å²) in [6.45, 7) is 8.58. The van der Waals surface area contributed by atoms with E-state index in [-0.39, 0.29) is 34.2 Å². The maximum Gasteiger partial charge on any atom is 0.161 e. The second-order valence-corrected chi connectivity index (χ2v) is 10.9. The highest BCUT2D eigenvalue weighted by Gasteiger charge is 2.50. The number of allylic oxidation sites excluding steroid dienone is 2. The minimum atomic E-state index is -0.312. The summed E-state index contributed by atoms with van der Waals surface area (Å²) in [7, 11) is 0. The number of carbonyl (C=O) groups is 2. The van der Waals surface area contributed by atoms with Crippen molar-refractivity contribution in [1.29, 1.82) is 0 Å². The Morgan fingerprint density at radius 1 is 0.800 bits per heavy atom. The third-order valence-corrected chi connectivity index (χ3v) is 7.00. The smallest absolute Gasteiger partial charge is 0.161 e. The Balaban J connectivity index is 1.77. The Bertz CT molecular complexity index is 1140. The maximum atomic E-state index is 13.5. The molecule has 2 aliphatic carbocycles. The van der Waals surface area contributed by atoms with Gasteiger partial charge in [0, 0.05) is 35.7 Å². The van der Waals surface area contributed by atoms with Crippen LogP contribution in [0.2, 0.25) is 0 Å². The average molecular weight is 400 g/mol. The van der Waals surface area contributed by atoms with Crippen molar-refractivity contribution < 1.29 is 9.59 Å². The zero-order chi connectivity index (χ0) is 21.3. The minimum Gasteiger partial charge on any atom is -0.299 e. The Kier molecular flexibility index (Phi) is 4.19. The van der Waals surface area contributed by atoms with E-state index in [4.69, 9.17) is 4.99 Å². The summed E-state index contributed by atoms with van der Waals surface area (Å²) in [5.41, 5.74) is 3.63. The third-order valence-electron chi connectivity index (χ3n) is 7.00. The molecule has 3 aliphatic rings. The minimum absolute atomic E-state index is 0.0814. The van der Waals surface area contributed by atoms with Crippen LogP contribution in [0.25, 0.3) is 10.8 Å². The molecule has 0 bridgehead atoms. The van der Waals surface area contributed by atoms with Crippen LogP contribution in [-0.2, 0) is 9.59 Å². The van der Waals surface area contributed by atoms with Gasteiger partial charge in [-0.1, -0.05) is 70.2 Å². The highest BCUT2D eigenvalue weighted by atomic mass is 16.1. The molecule has 5 rings (SSSR count). The Hall–Kier alpha value is -2.55. The summed E-state index contributed by atoms with van der Waals surface area (Å²) in [5, 5.41) is 2.28. The van der Waals surface area contributed by atoms with E-state index in [9.17, 15) is 9.59 Å². The Labute approximate surface area is 178 Å². The van der Waals surface area contributed by atoms with Crippen LogP contribution < -0.4 is 0 Å². The van der Waals surface area contributed by atoms with Crippen molar-refractivity contribution in [3.8, 4) is 0 Å². The van der Waals surface area contributed by atoms with E-state index in [0.29, 0.717) is 12.8 Å². The molecule has 154 valence electrons. The van der Waals surface area contributed by atoms with Crippen LogP contribution in [0.1, 0.15) is 64.9 Å². The second kappa shape index (κ2) is 6.47. The zero-order valence-corrected chi connectivity index (χ0v) is 18.3. The lowest BCUT2D eigenvalue weighted by Gasteiger charge is -2.44. The lowest BCUT2D eigenvalue weighted by Crippen LogP contribution is -2.45. The van der Waals surface area contributed by atoms with Gasteiger partial charge in [-0.3, -0.25) is 14.6 Å². The van der Waals surface area contributed by atoms with E-state index in [1.165, 1.54) is 0 Å². The lowest BCUT2D eigenvalue weighted by atomic mass is 9.60. The highest BCUT2D eigenvalue weighted by molar-refractivity contribution is 6.14. The van der Waals surface area contributed by atoms with Crippen molar-refractivity contribution in [2.75, 3.05) is 0 Å². The third kappa shape index (κ3) is 3.07. The van der Waals surface area contributed by atoms with Gasteiger partial charge in [0.1, 0.15) is 5.78 Å². The van der Waals surface area contributed by atoms with Gasteiger partial charge in [-0.25, -0.2) is 0 Å². The summed E-state index contributed by atoms with van der Waals surface area (Å²) in [6, 6.07) is 14.6. The molecule has 0 N–H and O–H groups in total. The predicted molar refractivity (Wildman–Crippen MR) is 121 cm³/mol. The quantitative estimate of drug-likeness (QED) is 0.588. The Morgan fingerprint density at radius 3 is 2.30 bits per heavy atom. The van der Waals surface area contributed by atoms with E-state index in [1.807, 2.05) is 12.1 Å². The number of Topliss-reactive ketones (excluding diaryl/α,β-unsaturated/α-hetero) is 2. The molecule has 2 aromatic rings. The van der Waals surface area contributed by atoms with Crippen LogP contribution in [0, 0.1) is 16.7 Å². The van der Waals surface area contributed by atoms with Crippen LogP contribution in [0.5, 0.6) is 0 Å². The van der Waals surface area contributed by atoms with E-state index in [1.54, 1.807) is 0 Å². The van der Waals surface area contributed by atoms with E-state index < -0.39 is 0 Å². The number of ketones is 2. The van der Waals surface area contributed by atoms with Crippen LogP contribution in [0.4, 0.5) is 0 Å². The van der Waals surface area contributed by atoms with E-state index in [2.05, 4.69) is 58.0 Å². The van der Waals surface area contributed by atoms with Crippen molar-refractivity contribution >= 4 is 28.1 Å². The number of rotatable bonds is 1. The highest BCUT2D eigenvalue weighted by Crippen LogP contribution is 2.52. The summed E-state index contributed by atoms with van der Waals surface area (Å²) in [4.78, 5) is 31.9. The van der Waals surface area contributed by atoms with Gasteiger partial charge in [-0.2, -0.15) is 0 Å². The summed E-state index contributed by atoms with van der Waals surface area (Å²) in [6.07, 6.45) is 2.67. The topological polar surface area (TPSA) is 46.5 Å². The van der Waals surface area contributed by atoms with Crippen molar-refractivity contribution in [3.63, 3.8) is 0 Å². The molecule has 1 aliphatic heterocycles. The monoisotopic (exact) mass is 399 g/mol. The van der Waals surface area contributed by atoms with Gasteiger partial charge in [-0.15, -0.1) is 0 Å². The molecule has 0 radical (unpaired) electrons. The molecule has 1 fully saturated rings. The molecule has 0 spiro atoms. The van der Waals surface area contributed by atoms with Gasteiger partial charge in [-0.05, 0) is 40.0 Å². The van der Waals surface area contributed by atoms with Crippen molar-refractivity contribution in [1.82, 2.24) is 0 Å². The predicted octanol–water partition coefficient (Wildman–Crippen LogP) is 6.03. The average Bonchev–Trinajstić information content (AvgIpc) is 2.64. The molecule has 0 amide bonds. The fourth-order valence-electron chi connectivity index (χ4n) is 5.87. The van der Waals surface area contributed by atoms with Gasteiger partial charge in [0.25, 0.3) is 0 Å². The van der Waals surface area contributed by atoms with Crippen molar-refractivity contribution in [3.05, 3.63) is 59.3 Å². The number of aliphatic imine (C=N–C) groups is 1. The molecule has 30 heavy (non-hydrogen) atoms. The van der Waals surface area contributed by atoms with Crippen LogP contribution in [0.3, 0.4) is 0 Å². The molecule has 0 aromatic heterocycles. The number of benzene rings is 2. The summed E-state index contributed by atoms with van der Waals surface area (Å²) >= 11 is 0. The van der Waals surface area contributed by atoms with Crippen molar-refractivity contribution in [2.45, 2.75) is 59.3 Å². The number of nitrogens with zero attached hydrogens (tertiary/aromatic N) is 1. The number of hydrogen-bond acceptors (Lipinski definition) is 3. The van der Waals surface area contributed by atoms with Gasteiger partial charge in [0.05, 0.1) is 5.92 Å². The van der Waals surface area contributed by atoms with Crippen LogP contribution in [0.15, 0.2) is 58.7 Å². The first kappa shape index (κ1) is 19.4. The largest absolute Gasteiger partial charge is 0.299 e. The van der Waals surface area contributed by atoms with Gasteiger partial charge in [0.15, 0.2) is 5.78 Å². The van der Waals surface area contributed by atoms with Gasteiger partial charge >= 0.3 is 0 Å². The molecular formula is C27H29NO2. The van der Waals surface area contributed by atoms with Gasteiger partial charge < -0.3 is 0 Å². The fourth-order valence-corrected chi connectivity index (χ4v) is 5.87. The number of carbonyl (C=O) groups excluding carboxylic acids is 2. The molecular weight excluding hydrogens is 370 g/mol. The first-order valence-electron chi connectivity index (χ1n) is 11.0. The second-order valence-electron chi connectivity index (χ2n) is 10.9. The van der Waals surface area contributed by atoms with Crippen molar-refractivity contribution in [2.24, 2.45) is 21.7 Å². The number of hydrogen-bond donors (Lipinski definition) is 0. The molecule has 2 aromatic carbocycles. The molecule has 2 atom stereocenters. The maximum absolute atomic E-state index is 13.5.